The van der Waals surface area contributed by atoms with Gasteiger partial charge in [-0.05, 0) is 45.4 Å². The minimum absolute atomic E-state index is 0.0254. The lowest BCUT2D eigenvalue weighted by atomic mass is 10.1. The molecule has 118 valence electrons. The van der Waals surface area contributed by atoms with Crippen molar-refractivity contribution in [3.05, 3.63) is 65.3 Å². The highest BCUT2D eigenvalue weighted by Gasteiger charge is 2.13. The summed E-state index contributed by atoms with van der Waals surface area (Å²) in [5, 5.41) is 0. The fourth-order valence-electron chi connectivity index (χ4n) is 1.87. The van der Waals surface area contributed by atoms with Gasteiger partial charge in [0.2, 0.25) is 0 Å². The zero-order valence-electron chi connectivity index (χ0n) is 14.4. The number of hydrogen-bond donors (Lipinski definition) is 0. The minimum atomic E-state index is 0.0254. The maximum Gasteiger partial charge on any atom is 0.257 e. The molecule has 1 amide bonds. The quantitative estimate of drug-likeness (QED) is 0.516. The molecule has 1 rings (SSSR count). The van der Waals surface area contributed by atoms with Crippen LogP contribution in [0.1, 0.15) is 40.5 Å². The number of unbranched alkanes of at least 4 members (excludes halogenated alkanes) is 1. The Balaban J connectivity index is 3.02. The summed E-state index contributed by atoms with van der Waals surface area (Å²) in [4.78, 5) is 14.4. The maximum absolute atomic E-state index is 12.7. The molecule has 0 atom stereocenters. The summed E-state index contributed by atoms with van der Waals surface area (Å²) in [7, 11) is 1.82. The predicted molar refractivity (Wildman–Crippen MR) is 96.0 cm³/mol. The number of carbonyl (C=O) groups excluding carboxylic acids is 1. The number of para-hydroxylation sites is 1. The number of nitrogens with zero attached hydrogens (tertiary/aromatic N) is 1. The lowest BCUT2D eigenvalue weighted by Crippen LogP contribution is -2.27. The first-order valence-corrected chi connectivity index (χ1v) is 7.82. The molecule has 0 N–H and O–H groups in total. The number of amides is 1. The van der Waals surface area contributed by atoms with Gasteiger partial charge < -0.3 is 4.90 Å². The smallest absolute Gasteiger partial charge is 0.257 e. The molecule has 0 aliphatic heterocycles. The van der Waals surface area contributed by atoms with Crippen molar-refractivity contribution in [1.82, 2.24) is 0 Å². The van der Waals surface area contributed by atoms with E-state index in [1.54, 1.807) is 4.90 Å². The van der Waals surface area contributed by atoms with E-state index in [0.717, 1.165) is 24.1 Å². The van der Waals surface area contributed by atoms with E-state index in [9.17, 15) is 4.79 Å². The van der Waals surface area contributed by atoms with Crippen molar-refractivity contribution in [3.8, 4) is 0 Å². The van der Waals surface area contributed by atoms with Crippen molar-refractivity contribution in [1.29, 1.82) is 0 Å². The fourth-order valence-corrected chi connectivity index (χ4v) is 1.87. The Hall–Kier alpha value is -2.09. The van der Waals surface area contributed by atoms with Crippen LogP contribution in [0.4, 0.5) is 5.69 Å². The summed E-state index contributed by atoms with van der Waals surface area (Å²) in [5.41, 5.74) is 4.10. The number of likely N-dealkylation sites (N-methyl/N-ethyl adjacent to an activating group) is 1. The Morgan fingerprint density at radius 3 is 2.27 bits per heavy atom. The van der Waals surface area contributed by atoms with Gasteiger partial charge in [0.1, 0.15) is 0 Å². The topological polar surface area (TPSA) is 20.3 Å². The Labute approximate surface area is 134 Å². The molecule has 22 heavy (non-hydrogen) atoms. The summed E-state index contributed by atoms with van der Waals surface area (Å²) in [6.45, 7) is 8.33. The molecule has 0 heterocycles. The zero-order valence-corrected chi connectivity index (χ0v) is 14.4. The molecule has 0 bridgehead atoms. The van der Waals surface area contributed by atoms with Crippen molar-refractivity contribution >= 4 is 11.6 Å². The summed E-state index contributed by atoms with van der Waals surface area (Å²) in [5.74, 6) is 0.0254. The predicted octanol–water partition coefficient (Wildman–Crippen LogP) is 5.29. The molecular weight excluding hydrogens is 270 g/mol. The highest BCUT2D eigenvalue weighted by molar-refractivity contribution is 6.07. The van der Waals surface area contributed by atoms with E-state index in [4.69, 9.17) is 0 Å². The number of rotatable bonds is 6. The molecule has 0 saturated heterocycles. The van der Waals surface area contributed by atoms with E-state index >= 15 is 0 Å². The first-order valence-electron chi connectivity index (χ1n) is 7.82. The van der Waals surface area contributed by atoms with E-state index in [1.165, 1.54) is 11.1 Å². The molecule has 0 radical (unpaired) electrons. The van der Waals surface area contributed by atoms with E-state index in [0.29, 0.717) is 0 Å². The Kier molecular flexibility index (Phi) is 7.38. The maximum atomic E-state index is 12.7. The SMILES string of the molecule is CCC/C=C(/C=C\C(C)=C(C)C)C(=O)N(C)c1ccccc1. The summed E-state index contributed by atoms with van der Waals surface area (Å²) in [6, 6.07) is 9.73. The van der Waals surface area contributed by atoms with Gasteiger partial charge in [-0.2, -0.15) is 0 Å². The lowest BCUT2D eigenvalue weighted by molar-refractivity contribution is -0.114. The third-order valence-electron chi connectivity index (χ3n) is 3.65. The highest BCUT2D eigenvalue weighted by Crippen LogP contribution is 2.16. The molecule has 1 aromatic carbocycles. The first-order chi connectivity index (χ1) is 10.5. The molecule has 0 saturated carbocycles. The Bertz CT molecular complexity index is 575. The summed E-state index contributed by atoms with van der Waals surface area (Å²) < 4.78 is 0. The van der Waals surface area contributed by atoms with Crippen LogP contribution in [0.5, 0.6) is 0 Å². The standard InChI is InChI=1S/C20H27NO/c1-6-7-11-18(15-14-17(4)16(2)3)20(22)21(5)19-12-9-8-10-13-19/h8-15H,6-7H2,1-5H3/b15-14-,18-11-. The Morgan fingerprint density at radius 1 is 1.09 bits per heavy atom. The number of anilines is 1. The van der Waals surface area contributed by atoms with E-state index in [-0.39, 0.29) is 5.91 Å². The van der Waals surface area contributed by atoms with Crippen LogP contribution in [-0.2, 0) is 4.79 Å². The summed E-state index contributed by atoms with van der Waals surface area (Å²) in [6.07, 6.45) is 7.91. The molecule has 0 aliphatic carbocycles. The number of benzene rings is 1. The van der Waals surface area contributed by atoms with Crippen LogP contribution >= 0.6 is 0 Å². The Morgan fingerprint density at radius 2 is 1.73 bits per heavy atom. The molecule has 0 unspecified atom stereocenters. The second-order valence-corrected chi connectivity index (χ2v) is 5.66. The minimum Gasteiger partial charge on any atom is -0.311 e. The monoisotopic (exact) mass is 297 g/mol. The van der Waals surface area contributed by atoms with E-state index in [2.05, 4.69) is 27.7 Å². The first kappa shape index (κ1) is 18.0. The molecular formula is C20H27NO. The number of allylic oxidation sites excluding steroid dienone is 4. The largest absolute Gasteiger partial charge is 0.311 e. The van der Waals surface area contributed by atoms with Gasteiger partial charge in [0, 0.05) is 18.3 Å². The van der Waals surface area contributed by atoms with Crippen LogP contribution in [0.3, 0.4) is 0 Å². The molecule has 1 aromatic rings. The van der Waals surface area contributed by atoms with Crippen LogP contribution in [0.25, 0.3) is 0 Å². The van der Waals surface area contributed by atoms with Gasteiger partial charge in [-0.3, -0.25) is 4.79 Å². The van der Waals surface area contributed by atoms with Gasteiger partial charge in [0.25, 0.3) is 5.91 Å². The second kappa shape index (κ2) is 9.04. The normalized spacial score (nSPS) is 11.6. The third-order valence-corrected chi connectivity index (χ3v) is 3.65. The van der Waals surface area contributed by atoms with Gasteiger partial charge >= 0.3 is 0 Å². The molecule has 0 aromatic heterocycles. The third kappa shape index (κ3) is 5.36. The van der Waals surface area contributed by atoms with Crippen LogP contribution < -0.4 is 4.90 Å². The highest BCUT2D eigenvalue weighted by atomic mass is 16.2. The molecule has 2 nitrogen and oxygen atoms in total. The van der Waals surface area contributed by atoms with E-state index in [1.807, 2.05) is 55.6 Å². The molecule has 0 spiro atoms. The number of hydrogen-bond acceptors (Lipinski definition) is 1. The molecule has 2 heteroatoms. The summed E-state index contributed by atoms with van der Waals surface area (Å²) >= 11 is 0. The van der Waals surface area contributed by atoms with Crippen molar-refractivity contribution in [3.63, 3.8) is 0 Å². The zero-order chi connectivity index (χ0) is 16.5. The van der Waals surface area contributed by atoms with Crippen LogP contribution in [0.15, 0.2) is 65.3 Å². The van der Waals surface area contributed by atoms with Crippen molar-refractivity contribution in [2.24, 2.45) is 0 Å². The van der Waals surface area contributed by atoms with Gasteiger partial charge in [0.05, 0.1) is 0 Å². The van der Waals surface area contributed by atoms with Gasteiger partial charge in [-0.1, -0.05) is 54.8 Å². The average Bonchev–Trinajstić information content (AvgIpc) is 2.54. The lowest BCUT2D eigenvalue weighted by Gasteiger charge is -2.18. The fraction of sp³-hybridized carbons (Fsp3) is 0.350. The van der Waals surface area contributed by atoms with Crippen molar-refractivity contribution in [2.45, 2.75) is 40.5 Å². The second-order valence-electron chi connectivity index (χ2n) is 5.66. The average molecular weight is 297 g/mol. The molecule has 0 fully saturated rings. The van der Waals surface area contributed by atoms with Crippen LogP contribution in [0, 0.1) is 0 Å². The number of carbonyl (C=O) groups is 1. The van der Waals surface area contributed by atoms with Crippen LogP contribution in [0.2, 0.25) is 0 Å². The van der Waals surface area contributed by atoms with Gasteiger partial charge in [-0.25, -0.2) is 0 Å². The van der Waals surface area contributed by atoms with Crippen LogP contribution in [-0.4, -0.2) is 13.0 Å². The van der Waals surface area contributed by atoms with Crippen molar-refractivity contribution < 1.29 is 4.79 Å². The van der Waals surface area contributed by atoms with Gasteiger partial charge in [-0.15, -0.1) is 0 Å². The van der Waals surface area contributed by atoms with Gasteiger partial charge in [0.15, 0.2) is 0 Å². The van der Waals surface area contributed by atoms with E-state index < -0.39 is 0 Å². The van der Waals surface area contributed by atoms with Crippen molar-refractivity contribution in [2.75, 3.05) is 11.9 Å². The molecule has 0 aliphatic rings.